The molecule has 0 unspecified atom stereocenters. The largest absolute Gasteiger partial charge is 0.484 e. The summed E-state index contributed by atoms with van der Waals surface area (Å²) in [4.78, 5) is 2.74. The molecule has 0 saturated heterocycles. The van der Waals surface area contributed by atoms with Gasteiger partial charge in [-0.05, 0) is 0 Å². The van der Waals surface area contributed by atoms with Gasteiger partial charge in [0.1, 0.15) is 0 Å². The van der Waals surface area contributed by atoms with Crippen LogP contribution >= 0.6 is 24.8 Å². The number of aromatic nitrogens is 1. The zero-order chi connectivity index (χ0) is 9.07. The first-order valence-electron chi connectivity index (χ1n) is 3.56. The van der Waals surface area contributed by atoms with Crippen molar-refractivity contribution in [1.82, 2.24) is 4.98 Å². The normalized spacial score (nSPS) is 6.24. The van der Waals surface area contributed by atoms with Crippen LogP contribution < -0.4 is 0 Å². The first-order chi connectivity index (χ1) is 6.00. The minimum absolute atomic E-state index is 0. The third-order valence-electron chi connectivity index (χ3n) is 1.03. The number of halogens is 2. The molecule has 1 aromatic heterocycles. The number of nitrogens with one attached hydrogen (secondary N) is 1. The van der Waals surface area contributed by atoms with Gasteiger partial charge in [0.05, 0.1) is 0 Å². The van der Waals surface area contributed by atoms with Crippen LogP contribution in [0.5, 0.6) is 0 Å². The van der Waals surface area contributed by atoms with Crippen LogP contribution in [0.15, 0.2) is 36.6 Å². The molecule has 0 bridgehead atoms. The standard InChI is InChI=1S/C5H5.C4H4N.7CH3.CH2.2ClH.Zr/c2*1-2-4-5-3-1;;;;;;;;;;;/h1-3H,4H2;1-3,5H;7*1H3;1H2;2*1H;/q9*-1;;;;. The Bertz CT molecular complexity index is 195. The number of H-pyrrole nitrogens is 1. The molecule has 1 N–H and O–H groups in total. The molecule has 1 aliphatic rings. The van der Waals surface area contributed by atoms with Gasteiger partial charge in [-0.15, -0.1) is 37.4 Å². The molecule has 0 aliphatic heterocycles. The molecule has 21 heavy (non-hydrogen) atoms. The zero-order valence-corrected chi connectivity index (χ0v) is 18.8. The van der Waals surface area contributed by atoms with Crippen LogP contribution in [-0.2, 0) is 24.2 Å². The Morgan fingerprint density at radius 2 is 1.38 bits per heavy atom. The zero-order valence-electron chi connectivity index (χ0n) is 14.7. The average Bonchev–Trinajstić information content (AvgIpc) is 2.87. The fourth-order valence-electron chi connectivity index (χ4n) is 0.581. The predicted molar refractivity (Wildman–Crippen MR) is 108 cm³/mol. The van der Waals surface area contributed by atoms with E-state index in [9.17, 15) is 0 Å². The summed E-state index contributed by atoms with van der Waals surface area (Å²) in [6.45, 7) is 0. The van der Waals surface area contributed by atoms with Crippen molar-refractivity contribution in [3.8, 4) is 0 Å². The van der Waals surface area contributed by atoms with E-state index in [-0.39, 0.29) is 76.8 Å². The van der Waals surface area contributed by atoms with Gasteiger partial charge in [0.25, 0.3) is 0 Å². The second-order valence-electron chi connectivity index (χ2n) is 1.82. The molecule has 134 valence electrons. The second kappa shape index (κ2) is 71.9. The summed E-state index contributed by atoms with van der Waals surface area (Å²) in [5.74, 6) is 0. The fraction of sp³-hybridized carbons (Fsp3) is 0.0588. The molecule has 0 saturated carbocycles. The molecular formula is C17H34Cl2NZr-9. The third-order valence-corrected chi connectivity index (χ3v) is 1.03. The molecule has 2 rings (SSSR count). The topological polar surface area (TPSA) is 15.8 Å². The van der Waals surface area contributed by atoms with Crippen LogP contribution in [0.3, 0.4) is 0 Å². The van der Waals surface area contributed by atoms with Gasteiger partial charge < -0.3 is 57.0 Å². The van der Waals surface area contributed by atoms with Crippen LogP contribution in [-0.4, -0.2) is 9.20 Å². The molecule has 4 heteroatoms. The van der Waals surface area contributed by atoms with E-state index < -0.39 is 0 Å². The van der Waals surface area contributed by atoms with Crippen molar-refractivity contribution in [1.29, 1.82) is 0 Å². The monoisotopic (exact) mass is 412 g/mol. The Kier molecular flexibility index (Phi) is 237. The summed E-state index contributed by atoms with van der Waals surface area (Å²) in [5.41, 5.74) is 0. The van der Waals surface area contributed by atoms with Gasteiger partial charge in [-0.3, -0.25) is 6.08 Å². The Hall–Kier alpha value is 0.0931. The number of rotatable bonds is 0. The van der Waals surface area contributed by atoms with E-state index in [0.29, 0.717) is 0 Å². The van der Waals surface area contributed by atoms with Crippen molar-refractivity contribution >= 4 is 29.0 Å². The summed E-state index contributed by atoms with van der Waals surface area (Å²) in [6, 6.07) is 3.71. The molecule has 0 atom stereocenters. The molecule has 0 radical (unpaired) electrons. The molecule has 1 heterocycles. The maximum atomic E-state index is 3.34. The smallest absolute Gasteiger partial charge is 0.108 e. The van der Waals surface area contributed by atoms with Crippen molar-refractivity contribution in [2.24, 2.45) is 0 Å². The quantitative estimate of drug-likeness (QED) is 0.495. The van der Waals surface area contributed by atoms with E-state index in [1.54, 1.807) is 0 Å². The minimum Gasteiger partial charge on any atom is -0.484 e. The Labute approximate surface area is 164 Å². The predicted octanol–water partition coefficient (Wildman–Crippen LogP) is 6.08. The molecular weight excluding hydrogens is 380 g/mol. The Balaban J connectivity index is -0.00000000932. The van der Waals surface area contributed by atoms with Gasteiger partial charge in [-0.1, -0.05) is 0 Å². The molecule has 1 aromatic rings. The summed E-state index contributed by atoms with van der Waals surface area (Å²) in [7, 11) is 0. The molecule has 1 aliphatic carbocycles. The van der Waals surface area contributed by atoms with Gasteiger partial charge in [0, 0.05) is 0 Å². The summed E-state index contributed by atoms with van der Waals surface area (Å²) < 4.78 is 3.34. The summed E-state index contributed by atoms with van der Waals surface area (Å²) in [5, 5.41) is 0. The fourth-order valence-corrected chi connectivity index (χ4v) is 0.581. The first kappa shape index (κ1) is 69.2. The average molecular weight is 415 g/mol. The van der Waals surface area contributed by atoms with Crippen molar-refractivity contribution in [3.05, 3.63) is 101 Å². The van der Waals surface area contributed by atoms with E-state index in [1.807, 2.05) is 30.5 Å². The minimum atomic E-state index is 0. The third kappa shape index (κ3) is 64.6. The number of hydrogen-bond donors (Lipinski definition) is 1. The van der Waals surface area contributed by atoms with Crippen LogP contribution in [0.1, 0.15) is 6.42 Å². The summed E-state index contributed by atoms with van der Waals surface area (Å²) in [6.07, 6.45) is 14.6. The van der Waals surface area contributed by atoms with Crippen LogP contribution in [0.25, 0.3) is 0 Å². The molecule has 0 aromatic carbocycles. The SMILES string of the molecule is Cl.Cl.[C-]1=CC=CC1.[CH2]=[Zr].[CH3-].[CH3-].[CH3-].[CH3-].[CH3-].[CH3-].[CH3-].[c-]1ccc[nH]1. The van der Waals surface area contributed by atoms with Crippen molar-refractivity contribution in [3.63, 3.8) is 0 Å². The maximum Gasteiger partial charge on any atom is -0.108 e. The van der Waals surface area contributed by atoms with Gasteiger partial charge in [0.15, 0.2) is 0 Å². The van der Waals surface area contributed by atoms with Crippen LogP contribution in [0.4, 0.5) is 0 Å². The second-order valence-corrected chi connectivity index (χ2v) is 1.82. The number of allylic oxidation sites excluding steroid dienone is 4. The van der Waals surface area contributed by atoms with Gasteiger partial charge in [0.2, 0.25) is 0 Å². The Morgan fingerprint density at radius 3 is 1.48 bits per heavy atom. The van der Waals surface area contributed by atoms with E-state index >= 15 is 0 Å². The first-order valence-corrected chi connectivity index (χ1v) is 5.30. The van der Waals surface area contributed by atoms with Crippen molar-refractivity contribution in [2.75, 3.05) is 0 Å². The molecule has 0 fully saturated rings. The molecule has 1 nitrogen and oxygen atoms in total. The summed E-state index contributed by atoms with van der Waals surface area (Å²) >= 11 is 1.30. The van der Waals surface area contributed by atoms with E-state index in [4.69, 9.17) is 0 Å². The van der Waals surface area contributed by atoms with Gasteiger partial charge >= 0.3 is 28.4 Å². The van der Waals surface area contributed by atoms with Crippen LogP contribution in [0.2, 0.25) is 0 Å². The molecule has 0 spiro atoms. The Morgan fingerprint density at radius 1 is 0.905 bits per heavy atom. The van der Waals surface area contributed by atoms with E-state index in [2.05, 4.69) is 27.5 Å². The van der Waals surface area contributed by atoms with Crippen molar-refractivity contribution in [2.45, 2.75) is 6.42 Å². The molecule has 0 amide bonds. The van der Waals surface area contributed by atoms with Gasteiger partial charge in [-0.25, -0.2) is 12.2 Å². The van der Waals surface area contributed by atoms with E-state index in [0.717, 1.165) is 6.42 Å². The van der Waals surface area contributed by atoms with E-state index in [1.165, 1.54) is 24.2 Å². The number of aromatic amines is 1. The van der Waals surface area contributed by atoms with Crippen molar-refractivity contribution < 1.29 is 24.2 Å². The number of hydrogen-bond acceptors (Lipinski definition) is 0. The van der Waals surface area contributed by atoms with Crippen LogP contribution in [0, 0.1) is 64.3 Å². The van der Waals surface area contributed by atoms with Gasteiger partial charge in [-0.2, -0.15) is 24.4 Å². The maximum absolute atomic E-state index is 3.34.